The number of nitrogens with one attached hydrogen (secondary N) is 1. The van der Waals surface area contributed by atoms with Gasteiger partial charge in [0.2, 0.25) is 0 Å². The highest BCUT2D eigenvalue weighted by atomic mass is 32.2. The molecule has 1 aliphatic carbocycles. The monoisotopic (exact) mass is 268 g/mol. The van der Waals surface area contributed by atoms with E-state index in [9.17, 15) is 0 Å². The van der Waals surface area contributed by atoms with Crippen LogP contribution in [0.2, 0.25) is 0 Å². The van der Waals surface area contributed by atoms with E-state index in [-0.39, 0.29) is 0 Å². The average Bonchev–Trinajstić information content (AvgIpc) is 2.77. The molecule has 0 aromatic rings. The summed E-state index contributed by atoms with van der Waals surface area (Å²) in [5.74, 6) is 1.20. The topological polar surface area (TPSA) is 24.4 Å². The van der Waals surface area contributed by atoms with Gasteiger partial charge in [-0.05, 0) is 25.7 Å². The number of hydrogen-bond donors (Lipinski definition) is 1. The maximum Gasteiger partial charge on any atom is 0.157 e. The minimum atomic E-state index is 0.325. The summed E-state index contributed by atoms with van der Waals surface area (Å²) in [6.45, 7) is 4.58. The normalized spacial score (nSPS) is 27.8. The zero-order valence-corrected chi connectivity index (χ0v) is 12.8. The van der Waals surface area contributed by atoms with E-state index >= 15 is 0 Å². The lowest BCUT2D eigenvalue weighted by Gasteiger charge is -2.25. The van der Waals surface area contributed by atoms with E-state index in [0.717, 1.165) is 0 Å². The summed E-state index contributed by atoms with van der Waals surface area (Å²) >= 11 is 1.94. The van der Waals surface area contributed by atoms with Crippen molar-refractivity contribution in [1.29, 1.82) is 0 Å². The molecule has 0 amide bonds. The SMILES string of the molecule is CCC1(CC)CSC(=NC2CCCCCCC2)N1. The van der Waals surface area contributed by atoms with Crippen molar-refractivity contribution in [2.75, 3.05) is 5.75 Å². The minimum Gasteiger partial charge on any atom is -0.359 e. The lowest BCUT2D eigenvalue weighted by molar-refractivity contribution is 0.405. The zero-order valence-electron chi connectivity index (χ0n) is 12.0. The van der Waals surface area contributed by atoms with Crippen molar-refractivity contribution in [3.8, 4) is 0 Å². The van der Waals surface area contributed by atoms with Crippen LogP contribution in [-0.4, -0.2) is 22.5 Å². The van der Waals surface area contributed by atoms with Crippen molar-refractivity contribution in [2.24, 2.45) is 4.99 Å². The molecule has 2 fully saturated rings. The Kier molecular flexibility index (Phi) is 5.40. The standard InChI is InChI=1S/C15H28N2S/c1-3-15(4-2)12-18-14(17-15)16-13-10-8-6-5-7-9-11-13/h13H,3-12H2,1-2H3,(H,16,17). The predicted octanol–water partition coefficient (Wildman–Crippen LogP) is 4.35. The van der Waals surface area contributed by atoms with E-state index in [1.165, 1.54) is 68.7 Å². The van der Waals surface area contributed by atoms with Gasteiger partial charge in [-0.3, -0.25) is 4.99 Å². The van der Waals surface area contributed by atoms with Gasteiger partial charge in [0.15, 0.2) is 5.17 Å². The van der Waals surface area contributed by atoms with E-state index in [2.05, 4.69) is 19.2 Å². The lowest BCUT2D eigenvalue weighted by atomic mass is 9.96. The number of amidine groups is 1. The fourth-order valence-electron chi connectivity index (χ4n) is 2.94. The van der Waals surface area contributed by atoms with Crippen molar-refractivity contribution >= 4 is 16.9 Å². The number of nitrogens with zero attached hydrogens (tertiary/aromatic N) is 1. The second kappa shape index (κ2) is 6.83. The Morgan fingerprint density at radius 1 is 1.11 bits per heavy atom. The summed E-state index contributed by atoms with van der Waals surface area (Å²) in [4.78, 5) is 5.00. The molecule has 0 spiro atoms. The molecule has 1 heterocycles. The van der Waals surface area contributed by atoms with Gasteiger partial charge in [-0.15, -0.1) is 0 Å². The van der Waals surface area contributed by atoms with Crippen LogP contribution in [0, 0.1) is 0 Å². The average molecular weight is 268 g/mol. The molecule has 2 aliphatic rings. The third-order valence-electron chi connectivity index (χ3n) is 4.59. The van der Waals surface area contributed by atoms with Crippen LogP contribution in [0.3, 0.4) is 0 Å². The summed E-state index contributed by atoms with van der Waals surface area (Å²) in [6, 6.07) is 0.588. The van der Waals surface area contributed by atoms with Crippen molar-refractivity contribution in [1.82, 2.24) is 5.32 Å². The highest BCUT2D eigenvalue weighted by Gasteiger charge is 2.34. The third kappa shape index (κ3) is 3.66. The molecule has 1 saturated carbocycles. The smallest absolute Gasteiger partial charge is 0.157 e. The lowest BCUT2D eigenvalue weighted by Crippen LogP contribution is -2.42. The fraction of sp³-hybridized carbons (Fsp3) is 0.933. The van der Waals surface area contributed by atoms with Crippen molar-refractivity contribution in [3.63, 3.8) is 0 Å². The van der Waals surface area contributed by atoms with Crippen LogP contribution in [0.1, 0.15) is 71.6 Å². The Hall–Kier alpha value is -0.180. The molecule has 0 bridgehead atoms. The van der Waals surface area contributed by atoms with Gasteiger partial charge >= 0.3 is 0 Å². The van der Waals surface area contributed by atoms with Gasteiger partial charge in [0.1, 0.15) is 0 Å². The van der Waals surface area contributed by atoms with Crippen LogP contribution in [0.4, 0.5) is 0 Å². The van der Waals surface area contributed by atoms with Gasteiger partial charge in [0, 0.05) is 11.3 Å². The van der Waals surface area contributed by atoms with E-state index in [1.807, 2.05) is 11.8 Å². The summed E-state index contributed by atoms with van der Waals surface area (Å²) in [7, 11) is 0. The largest absolute Gasteiger partial charge is 0.359 e. The minimum absolute atomic E-state index is 0.325. The Morgan fingerprint density at radius 2 is 1.72 bits per heavy atom. The molecule has 1 saturated heterocycles. The molecular formula is C15H28N2S. The molecule has 0 unspecified atom stereocenters. The van der Waals surface area contributed by atoms with Gasteiger partial charge in [-0.25, -0.2) is 0 Å². The van der Waals surface area contributed by atoms with Gasteiger partial charge in [0.25, 0.3) is 0 Å². The van der Waals surface area contributed by atoms with Gasteiger partial charge in [-0.1, -0.05) is 57.7 Å². The summed E-state index contributed by atoms with van der Waals surface area (Å²) < 4.78 is 0. The van der Waals surface area contributed by atoms with E-state index in [0.29, 0.717) is 11.6 Å². The van der Waals surface area contributed by atoms with Crippen LogP contribution in [0.25, 0.3) is 0 Å². The van der Waals surface area contributed by atoms with E-state index in [4.69, 9.17) is 4.99 Å². The van der Waals surface area contributed by atoms with Crippen LogP contribution >= 0.6 is 11.8 Å². The van der Waals surface area contributed by atoms with Gasteiger partial charge in [0.05, 0.1) is 6.04 Å². The first-order valence-corrected chi connectivity index (χ1v) is 8.75. The molecule has 0 aromatic heterocycles. The molecule has 104 valence electrons. The molecule has 18 heavy (non-hydrogen) atoms. The molecule has 2 nitrogen and oxygen atoms in total. The summed E-state index contributed by atoms with van der Waals surface area (Å²) in [6.07, 6.45) is 12.0. The Bertz CT molecular complexity index is 276. The first-order chi connectivity index (χ1) is 8.78. The zero-order chi connectivity index (χ0) is 12.8. The molecule has 0 atom stereocenters. The van der Waals surface area contributed by atoms with E-state index < -0.39 is 0 Å². The number of rotatable bonds is 3. The summed E-state index contributed by atoms with van der Waals surface area (Å²) in [5, 5.41) is 4.93. The first kappa shape index (κ1) is 14.2. The Balaban J connectivity index is 1.92. The predicted molar refractivity (Wildman–Crippen MR) is 82.4 cm³/mol. The summed E-state index contributed by atoms with van der Waals surface area (Å²) in [5.41, 5.74) is 0.325. The van der Waals surface area contributed by atoms with Crippen molar-refractivity contribution in [2.45, 2.75) is 83.2 Å². The third-order valence-corrected chi connectivity index (χ3v) is 5.76. The quantitative estimate of drug-likeness (QED) is 0.823. The van der Waals surface area contributed by atoms with Crippen LogP contribution in [0.15, 0.2) is 4.99 Å². The second-order valence-corrected chi connectivity index (χ2v) is 6.80. The van der Waals surface area contributed by atoms with Gasteiger partial charge in [-0.2, -0.15) is 0 Å². The van der Waals surface area contributed by atoms with Crippen molar-refractivity contribution < 1.29 is 0 Å². The highest BCUT2D eigenvalue weighted by Crippen LogP contribution is 2.30. The second-order valence-electron chi connectivity index (χ2n) is 5.83. The molecule has 1 aliphatic heterocycles. The fourth-order valence-corrected chi connectivity index (χ4v) is 4.34. The molecule has 0 radical (unpaired) electrons. The first-order valence-electron chi connectivity index (χ1n) is 7.77. The maximum atomic E-state index is 5.00. The van der Waals surface area contributed by atoms with Crippen LogP contribution in [0.5, 0.6) is 0 Å². The van der Waals surface area contributed by atoms with Crippen LogP contribution in [-0.2, 0) is 0 Å². The van der Waals surface area contributed by atoms with E-state index in [1.54, 1.807) is 0 Å². The molecule has 1 N–H and O–H groups in total. The van der Waals surface area contributed by atoms with Crippen molar-refractivity contribution in [3.05, 3.63) is 0 Å². The number of aliphatic imine (C=N–C) groups is 1. The molecule has 2 rings (SSSR count). The maximum absolute atomic E-state index is 5.00. The number of hydrogen-bond acceptors (Lipinski definition) is 2. The molecule has 0 aromatic carbocycles. The molecular weight excluding hydrogens is 240 g/mol. The van der Waals surface area contributed by atoms with Crippen LogP contribution < -0.4 is 5.32 Å². The molecule has 3 heteroatoms. The Morgan fingerprint density at radius 3 is 2.28 bits per heavy atom. The van der Waals surface area contributed by atoms with Gasteiger partial charge < -0.3 is 5.32 Å². The number of thioether (sulfide) groups is 1. The Labute approximate surface area is 116 Å². The highest BCUT2D eigenvalue weighted by molar-refractivity contribution is 8.14.